The molecule has 0 saturated heterocycles. The molecule has 0 spiro atoms. The molecule has 0 atom stereocenters. The van der Waals surface area contributed by atoms with Gasteiger partial charge in [0.2, 0.25) is 0 Å². The van der Waals surface area contributed by atoms with E-state index in [-0.39, 0.29) is 24.0 Å². The Kier molecular flexibility index (Phi) is 7.78. The summed E-state index contributed by atoms with van der Waals surface area (Å²) in [5.41, 5.74) is -0.484. The van der Waals surface area contributed by atoms with Gasteiger partial charge in [0, 0.05) is 0 Å². The molecular weight excluding hydrogens is 337 g/mol. The Bertz CT molecular complexity index is 438. The summed E-state index contributed by atoms with van der Waals surface area (Å²) in [7, 11) is 0. The molecule has 0 radical (unpaired) electrons. The van der Waals surface area contributed by atoms with Gasteiger partial charge in [-0.25, -0.2) is 0 Å². The Labute approximate surface area is 146 Å². The number of hydrogen-bond donors (Lipinski definition) is 2. The topological polar surface area (TPSA) is 84.9 Å². The van der Waals surface area contributed by atoms with Gasteiger partial charge in [0.15, 0.2) is 0 Å². The van der Waals surface area contributed by atoms with Crippen molar-refractivity contribution in [3.05, 3.63) is 0 Å². The molecule has 1 rings (SSSR count). The maximum atomic E-state index is 11.8. The van der Waals surface area contributed by atoms with Crippen molar-refractivity contribution in [1.82, 2.24) is 5.32 Å². The van der Waals surface area contributed by atoms with E-state index in [1.165, 1.54) is 0 Å². The van der Waals surface area contributed by atoms with E-state index in [0.29, 0.717) is 6.54 Å². The summed E-state index contributed by atoms with van der Waals surface area (Å²) >= 11 is 2.34. The number of hydrogen-bond acceptors (Lipinski definition) is 4. The Hall–Kier alpha value is -0.846. The second-order valence-corrected chi connectivity index (χ2v) is 7.87. The molecule has 0 bridgehead atoms. The molecule has 131 valence electrons. The summed E-state index contributed by atoms with van der Waals surface area (Å²) in [6.07, 6.45) is 4.29. The van der Waals surface area contributed by atoms with E-state index in [1.807, 2.05) is 20.8 Å². The molecule has 6 nitrogen and oxygen atoms in total. The zero-order valence-corrected chi connectivity index (χ0v) is 15.6. The van der Waals surface area contributed by atoms with E-state index >= 15 is 0 Å². The third kappa shape index (κ3) is 7.51. The monoisotopic (exact) mass is 364 g/mol. The van der Waals surface area contributed by atoms with E-state index in [1.54, 1.807) is 0 Å². The maximum absolute atomic E-state index is 11.8. The van der Waals surface area contributed by atoms with Crippen LogP contribution >= 0.6 is 0 Å². The summed E-state index contributed by atoms with van der Waals surface area (Å²) in [4.78, 5) is 22.9. The number of carbonyl (C=O) groups excluding carboxylic acids is 1. The van der Waals surface area contributed by atoms with Crippen molar-refractivity contribution in [3.8, 4) is 0 Å². The van der Waals surface area contributed by atoms with Crippen LogP contribution in [0.25, 0.3) is 0 Å². The molecule has 0 aliphatic heterocycles. The molecular formula is C16H27NO5V. The zero-order valence-electron chi connectivity index (χ0n) is 14.2. The third-order valence-electron chi connectivity index (χ3n) is 4.08. The quantitative estimate of drug-likeness (QED) is 0.679. The second kappa shape index (κ2) is 8.85. The molecule has 0 aromatic carbocycles. The number of ether oxygens (including phenoxy) is 2. The number of alkyl carbamates (subject to hydrolysis) is 1. The number of carbonyl (C=O) groups is 2. The van der Waals surface area contributed by atoms with Crippen LogP contribution in [0.15, 0.2) is 0 Å². The van der Waals surface area contributed by atoms with Gasteiger partial charge in [-0.1, -0.05) is 0 Å². The molecule has 7 heteroatoms. The predicted molar refractivity (Wildman–Crippen MR) is 82.7 cm³/mol. The summed E-state index contributed by atoms with van der Waals surface area (Å²) in [6, 6.07) is 0. The first kappa shape index (κ1) is 20.2. The van der Waals surface area contributed by atoms with Crippen molar-refractivity contribution in [3.63, 3.8) is 0 Å². The Morgan fingerprint density at radius 1 is 1.17 bits per heavy atom. The van der Waals surface area contributed by atoms with Crippen LogP contribution in [0, 0.1) is 10.8 Å². The van der Waals surface area contributed by atoms with Gasteiger partial charge in [0.05, 0.1) is 0 Å². The van der Waals surface area contributed by atoms with Crippen LogP contribution in [0.2, 0.25) is 0 Å². The number of carboxylic acid groups (broad SMARTS) is 1. The fourth-order valence-corrected chi connectivity index (χ4v) is 2.79. The van der Waals surface area contributed by atoms with Crippen LogP contribution in [0.1, 0.15) is 59.3 Å². The van der Waals surface area contributed by atoms with Crippen LogP contribution in [-0.4, -0.2) is 34.9 Å². The van der Waals surface area contributed by atoms with E-state index in [2.05, 4.69) is 22.3 Å². The predicted octanol–water partition coefficient (Wildman–Crippen LogP) is 2.83. The van der Waals surface area contributed by atoms with Crippen molar-refractivity contribution in [1.29, 1.82) is 0 Å². The van der Waals surface area contributed by atoms with Gasteiger partial charge < -0.3 is 0 Å². The number of rotatable bonds is 7. The first-order valence-electron chi connectivity index (χ1n) is 7.96. The fraction of sp³-hybridized carbons (Fsp3) is 0.812. The van der Waals surface area contributed by atoms with E-state index in [4.69, 9.17) is 14.6 Å². The summed E-state index contributed by atoms with van der Waals surface area (Å²) in [6.45, 7) is 6.17. The van der Waals surface area contributed by atoms with Crippen LogP contribution in [-0.2, 0) is 31.2 Å². The van der Waals surface area contributed by atoms with Gasteiger partial charge in [-0.05, 0) is 0 Å². The van der Waals surface area contributed by atoms with Crippen LogP contribution in [0.3, 0.4) is 0 Å². The van der Waals surface area contributed by atoms with Crippen molar-refractivity contribution in [2.45, 2.75) is 59.3 Å². The fourth-order valence-electron chi connectivity index (χ4n) is 2.70. The van der Waals surface area contributed by atoms with E-state index in [9.17, 15) is 9.59 Å². The van der Waals surface area contributed by atoms with Crippen molar-refractivity contribution >= 4 is 16.5 Å². The van der Waals surface area contributed by atoms with Gasteiger partial charge in [-0.2, -0.15) is 0 Å². The van der Waals surface area contributed by atoms with Crippen molar-refractivity contribution in [2.24, 2.45) is 10.8 Å². The third-order valence-corrected chi connectivity index (χ3v) is 5.32. The minimum atomic E-state index is -0.821. The van der Waals surface area contributed by atoms with Crippen molar-refractivity contribution < 1.29 is 41.1 Å². The van der Waals surface area contributed by atoms with E-state index in [0.717, 1.165) is 36.5 Å². The SMILES string of the molecule is CC(C)(C)[C](=[V])OCOC(=O)NCC1(CC(=O)O)CCCCC1. The molecule has 0 heterocycles. The summed E-state index contributed by atoms with van der Waals surface area (Å²) in [5, 5.41) is 11.8. The number of amides is 1. The van der Waals surface area contributed by atoms with Gasteiger partial charge in [0.1, 0.15) is 0 Å². The Balaban J connectivity index is 2.38. The molecule has 0 unspecified atom stereocenters. The van der Waals surface area contributed by atoms with Gasteiger partial charge in [-0.3, -0.25) is 0 Å². The number of nitrogens with one attached hydrogen (secondary N) is 1. The first-order valence-corrected chi connectivity index (χ1v) is 8.66. The molecule has 0 aromatic rings. The van der Waals surface area contributed by atoms with Gasteiger partial charge in [-0.15, -0.1) is 0 Å². The average Bonchev–Trinajstić information content (AvgIpc) is 2.44. The minimum absolute atomic E-state index is 0.0815. The number of aliphatic carboxylic acids is 1. The molecule has 1 fully saturated rings. The molecule has 23 heavy (non-hydrogen) atoms. The van der Waals surface area contributed by atoms with E-state index < -0.39 is 12.1 Å². The van der Waals surface area contributed by atoms with Gasteiger partial charge in [0.25, 0.3) is 0 Å². The molecule has 1 aliphatic rings. The van der Waals surface area contributed by atoms with Gasteiger partial charge >= 0.3 is 146 Å². The van der Waals surface area contributed by atoms with Crippen LogP contribution < -0.4 is 5.32 Å². The molecule has 0 aromatic heterocycles. The van der Waals surface area contributed by atoms with Crippen LogP contribution in [0.5, 0.6) is 0 Å². The average molecular weight is 364 g/mol. The van der Waals surface area contributed by atoms with Crippen LogP contribution in [0.4, 0.5) is 4.79 Å². The molecule has 1 aliphatic carbocycles. The second-order valence-electron chi connectivity index (χ2n) is 7.23. The zero-order chi connectivity index (χ0) is 17.5. The molecule has 2 N–H and O–H groups in total. The Morgan fingerprint density at radius 2 is 1.78 bits per heavy atom. The first-order chi connectivity index (χ1) is 10.6. The summed E-state index contributed by atoms with van der Waals surface area (Å²) < 4.78 is 11.1. The Morgan fingerprint density at radius 3 is 2.30 bits per heavy atom. The summed E-state index contributed by atoms with van der Waals surface area (Å²) in [5.74, 6) is -0.821. The normalized spacial score (nSPS) is 17.3. The molecule has 1 amide bonds. The number of carboxylic acids is 1. The standard InChI is InChI=1S/C16H27NO5.V/c1-15(2,3)11-21-12-22-14(20)17-10-16(9-13(18)19)7-5-4-6-8-16;/h4-10,12H2,1-3H3,(H,17,20)(H,18,19);. The molecule has 1 saturated carbocycles. The van der Waals surface area contributed by atoms with Crippen molar-refractivity contribution in [2.75, 3.05) is 13.3 Å².